The molecule has 0 unspecified atom stereocenters. The summed E-state index contributed by atoms with van der Waals surface area (Å²) in [5, 5.41) is 12.1. The molecule has 208 valence electrons. The van der Waals surface area contributed by atoms with Crippen molar-refractivity contribution in [2.45, 2.75) is 0 Å². The van der Waals surface area contributed by atoms with E-state index in [9.17, 15) is 0 Å². The number of aliphatic hydroxyl groups excluding tert-OH is 1. The van der Waals surface area contributed by atoms with Crippen LogP contribution >= 0.6 is 0 Å². The normalized spacial score (nSPS) is 16.9. The fraction of sp³-hybridized carbons (Fsp3) is 0.0250. The SMILES string of the molecule is OC[C]1[CH][CH][CH][N]1.[Ru+2].c1ccc([C]2[C](c3ccccc3)[C](c3ccccc3)[C](c3ccccc3)[C]2c2ccccc2)cc1. The molecule has 1 aliphatic heterocycles. The first-order valence-electron chi connectivity index (χ1n) is 14.2. The molecule has 0 amide bonds. The summed E-state index contributed by atoms with van der Waals surface area (Å²) in [6, 6.07) is 54.9. The zero-order valence-electron chi connectivity index (χ0n) is 23.6. The average molecular weight is 643 g/mol. The smallest absolute Gasteiger partial charge is 0.394 e. The third kappa shape index (κ3) is 7.07. The van der Waals surface area contributed by atoms with E-state index in [0.717, 1.165) is 6.04 Å². The van der Waals surface area contributed by atoms with E-state index in [1.807, 2.05) is 0 Å². The van der Waals surface area contributed by atoms with Gasteiger partial charge in [-0.25, -0.2) is 5.32 Å². The maximum absolute atomic E-state index is 8.36. The van der Waals surface area contributed by atoms with Crippen molar-refractivity contribution in [2.24, 2.45) is 0 Å². The largest absolute Gasteiger partial charge is 2.00 e. The van der Waals surface area contributed by atoms with Gasteiger partial charge in [0.2, 0.25) is 0 Å². The van der Waals surface area contributed by atoms with Gasteiger partial charge in [0.05, 0.1) is 12.6 Å². The molecule has 0 aromatic heterocycles. The average Bonchev–Trinajstić information content (AvgIpc) is 3.74. The molecule has 10 radical (unpaired) electrons. The van der Waals surface area contributed by atoms with Gasteiger partial charge in [-0.15, -0.1) is 0 Å². The van der Waals surface area contributed by atoms with Gasteiger partial charge in [0.15, 0.2) is 0 Å². The second-order valence-electron chi connectivity index (χ2n) is 9.99. The first-order valence-corrected chi connectivity index (χ1v) is 14.2. The number of rotatable bonds is 6. The van der Waals surface area contributed by atoms with Crippen LogP contribution in [-0.2, 0) is 19.5 Å². The molecule has 1 N–H and O–H groups in total. The number of hydrogen-bond acceptors (Lipinski definition) is 1. The number of benzene rings is 5. The van der Waals surface area contributed by atoms with Crippen molar-refractivity contribution < 1.29 is 24.6 Å². The summed E-state index contributed by atoms with van der Waals surface area (Å²) in [6.45, 7) is 1.71. The third-order valence-corrected chi connectivity index (χ3v) is 7.34. The molecule has 1 heterocycles. The van der Waals surface area contributed by atoms with Crippen LogP contribution in [0.15, 0.2) is 152 Å². The maximum Gasteiger partial charge on any atom is 2.00 e. The van der Waals surface area contributed by atoms with E-state index in [1.165, 1.54) is 57.4 Å². The predicted octanol–water partition coefficient (Wildman–Crippen LogP) is 7.81. The molecule has 0 atom stereocenters. The molecule has 2 nitrogen and oxygen atoms in total. The molecule has 0 spiro atoms. The van der Waals surface area contributed by atoms with Gasteiger partial charge in [0, 0.05) is 36.1 Å². The van der Waals surface area contributed by atoms with Crippen molar-refractivity contribution >= 4 is 0 Å². The minimum absolute atomic E-state index is 0. The Bertz CT molecular complexity index is 1210. The number of hydrogen-bond donors (Lipinski definition) is 1. The molecule has 2 aliphatic rings. The maximum atomic E-state index is 8.36. The first-order chi connectivity index (χ1) is 20.8. The van der Waals surface area contributed by atoms with Crippen LogP contribution in [-0.4, -0.2) is 11.7 Å². The second-order valence-corrected chi connectivity index (χ2v) is 9.99. The van der Waals surface area contributed by atoms with Crippen molar-refractivity contribution in [2.75, 3.05) is 6.61 Å². The van der Waals surface area contributed by atoms with Gasteiger partial charge in [-0.1, -0.05) is 152 Å². The Morgan fingerprint density at radius 3 is 0.814 bits per heavy atom. The van der Waals surface area contributed by atoms with Crippen LogP contribution in [0.3, 0.4) is 0 Å². The molecule has 5 aromatic carbocycles. The van der Waals surface area contributed by atoms with Gasteiger partial charge in [0.1, 0.15) is 0 Å². The van der Waals surface area contributed by atoms with Gasteiger partial charge < -0.3 is 5.11 Å². The summed E-state index contributed by atoms with van der Waals surface area (Å²) in [7, 11) is 0. The molecule has 43 heavy (non-hydrogen) atoms. The van der Waals surface area contributed by atoms with E-state index < -0.39 is 0 Å². The van der Waals surface area contributed by atoms with Crippen LogP contribution in [0.25, 0.3) is 0 Å². The van der Waals surface area contributed by atoms with Crippen molar-refractivity contribution in [1.29, 1.82) is 0 Å². The van der Waals surface area contributed by atoms with Crippen LogP contribution in [0.5, 0.6) is 0 Å². The third-order valence-electron chi connectivity index (χ3n) is 7.34. The van der Waals surface area contributed by atoms with Crippen molar-refractivity contribution in [3.8, 4) is 0 Å². The Hall–Kier alpha value is -3.36. The Kier molecular flexibility index (Phi) is 11.1. The van der Waals surface area contributed by atoms with Crippen LogP contribution < -0.4 is 5.32 Å². The molecule has 3 heteroatoms. The molecule has 5 aromatic rings. The van der Waals surface area contributed by atoms with Gasteiger partial charge in [-0.2, -0.15) is 0 Å². The number of aliphatic hydroxyl groups is 1. The fourth-order valence-electron chi connectivity index (χ4n) is 5.52. The molecule has 1 saturated heterocycles. The van der Waals surface area contributed by atoms with E-state index in [-0.39, 0.29) is 26.1 Å². The first kappa shape index (κ1) is 31.1. The van der Waals surface area contributed by atoms with E-state index in [4.69, 9.17) is 5.11 Å². The fourth-order valence-corrected chi connectivity index (χ4v) is 5.52. The summed E-state index contributed by atoms with van der Waals surface area (Å²) >= 11 is 0. The van der Waals surface area contributed by atoms with Crippen molar-refractivity contribution in [1.82, 2.24) is 5.32 Å². The van der Waals surface area contributed by atoms with E-state index in [2.05, 4.69) is 157 Å². The summed E-state index contributed by atoms with van der Waals surface area (Å²) in [4.78, 5) is 0. The van der Waals surface area contributed by atoms with Gasteiger partial charge in [-0.3, -0.25) is 0 Å². The molecular formula is C40H31NORu+2. The summed E-state index contributed by atoms with van der Waals surface area (Å²) in [5.41, 5.74) is 6.13. The minimum atomic E-state index is 0. The van der Waals surface area contributed by atoms with Crippen LogP contribution in [0.4, 0.5) is 0 Å². The summed E-state index contributed by atoms with van der Waals surface area (Å²) < 4.78 is 0. The Morgan fingerprint density at radius 2 is 0.651 bits per heavy atom. The zero-order valence-corrected chi connectivity index (χ0v) is 25.4. The quantitative estimate of drug-likeness (QED) is 0.189. The Labute approximate surface area is 270 Å². The summed E-state index contributed by atoms with van der Waals surface area (Å²) in [5.74, 6) is 6.39. The molecule has 7 rings (SSSR count). The second kappa shape index (κ2) is 15.4. The number of nitrogens with zero attached hydrogens (tertiary/aromatic N) is 1. The predicted molar refractivity (Wildman–Crippen MR) is 169 cm³/mol. The standard InChI is InChI=1S/C35H25.C5H6NO.Ru/c1-6-16-26(17-7-1)31-32(27-18-8-2-9-19-27)34(29-22-12-4-13-23-29)35(30-24-14-5-15-25-30)33(31)28-20-10-3-11-21-28;7-4-5-2-1-3-6-5;/h1-25H;1-3,7H,4H2;/q;;+2. The van der Waals surface area contributed by atoms with Crippen molar-refractivity contribution in [3.63, 3.8) is 0 Å². The van der Waals surface area contributed by atoms with Crippen molar-refractivity contribution in [3.05, 3.63) is 234 Å². The minimum Gasteiger partial charge on any atom is -0.394 e. The Balaban J connectivity index is 0.000000407. The molecule has 2 fully saturated rings. The zero-order chi connectivity index (χ0) is 28.6. The van der Waals surface area contributed by atoms with Crippen LogP contribution in [0, 0.1) is 55.0 Å². The van der Waals surface area contributed by atoms with E-state index >= 15 is 0 Å². The molecule has 0 bridgehead atoms. The molecule has 1 aliphatic carbocycles. The topological polar surface area (TPSA) is 34.3 Å². The monoisotopic (exact) mass is 643 g/mol. The van der Waals surface area contributed by atoms with Crippen LogP contribution in [0.1, 0.15) is 27.8 Å². The molecular weight excluding hydrogens is 612 g/mol. The van der Waals surface area contributed by atoms with E-state index in [0.29, 0.717) is 0 Å². The van der Waals surface area contributed by atoms with Gasteiger partial charge in [-0.05, 0) is 40.7 Å². The van der Waals surface area contributed by atoms with Gasteiger partial charge in [0.25, 0.3) is 0 Å². The van der Waals surface area contributed by atoms with Gasteiger partial charge >= 0.3 is 19.5 Å². The van der Waals surface area contributed by atoms with Crippen LogP contribution in [0.2, 0.25) is 0 Å². The Morgan fingerprint density at radius 1 is 0.395 bits per heavy atom. The molecule has 1 saturated carbocycles. The van der Waals surface area contributed by atoms with E-state index in [1.54, 1.807) is 19.4 Å². The summed E-state index contributed by atoms with van der Waals surface area (Å²) in [6.07, 6.45) is 3.57.